The number of hydrogen-bond acceptors (Lipinski definition) is 2. The average Bonchev–Trinajstić information content (AvgIpc) is 2.73. The lowest BCUT2D eigenvalue weighted by molar-refractivity contribution is 1.12. The second-order valence-electron chi connectivity index (χ2n) is 3.50. The second kappa shape index (κ2) is 3.72. The third-order valence-electron chi connectivity index (χ3n) is 2.48. The summed E-state index contributed by atoms with van der Waals surface area (Å²) in [4.78, 5) is 4.00. The van der Waals surface area contributed by atoms with E-state index in [1.54, 1.807) is 12.4 Å². The second-order valence-corrected chi connectivity index (χ2v) is 4.41. The molecule has 0 saturated carbocycles. The standard InChI is InChI=1S/C12H8BrN3/c13-9-1-2-10-11(7-9)15-16-12(10)8-3-5-14-6-4-8/h1-7H,(H,15,16). The molecule has 0 fully saturated rings. The summed E-state index contributed by atoms with van der Waals surface area (Å²) in [5, 5.41) is 8.48. The zero-order chi connectivity index (χ0) is 11.0. The van der Waals surface area contributed by atoms with E-state index in [0.29, 0.717) is 0 Å². The van der Waals surface area contributed by atoms with Gasteiger partial charge in [0.25, 0.3) is 0 Å². The number of hydrogen-bond donors (Lipinski definition) is 1. The minimum Gasteiger partial charge on any atom is -0.277 e. The lowest BCUT2D eigenvalue weighted by Crippen LogP contribution is -1.78. The molecule has 0 amide bonds. The van der Waals surface area contributed by atoms with Crippen LogP contribution >= 0.6 is 15.9 Å². The Morgan fingerprint density at radius 2 is 1.88 bits per heavy atom. The van der Waals surface area contributed by atoms with E-state index >= 15 is 0 Å². The van der Waals surface area contributed by atoms with Gasteiger partial charge in [0, 0.05) is 27.8 Å². The first-order valence-corrected chi connectivity index (χ1v) is 5.68. The van der Waals surface area contributed by atoms with E-state index in [2.05, 4.69) is 37.2 Å². The van der Waals surface area contributed by atoms with E-state index in [9.17, 15) is 0 Å². The largest absolute Gasteiger partial charge is 0.277 e. The molecule has 0 bridgehead atoms. The van der Waals surface area contributed by atoms with Crippen molar-refractivity contribution in [3.8, 4) is 11.3 Å². The van der Waals surface area contributed by atoms with E-state index in [-0.39, 0.29) is 0 Å². The normalized spacial score (nSPS) is 10.8. The van der Waals surface area contributed by atoms with Crippen molar-refractivity contribution in [2.45, 2.75) is 0 Å². The van der Waals surface area contributed by atoms with Gasteiger partial charge in [-0.15, -0.1) is 0 Å². The summed E-state index contributed by atoms with van der Waals surface area (Å²) in [7, 11) is 0. The molecule has 0 unspecified atom stereocenters. The van der Waals surface area contributed by atoms with Crippen LogP contribution in [0.1, 0.15) is 0 Å². The Morgan fingerprint density at radius 1 is 1.06 bits per heavy atom. The van der Waals surface area contributed by atoms with Gasteiger partial charge < -0.3 is 0 Å². The summed E-state index contributed by atoms with van der Waals surface area (Å²) >= 11 is 3.44. The van der Waals surface area contributed by atoms with Crippen LogP contribution < -0.4 is 0 Å². The van der Waals surface area contributed by atoms with E-state index in [0.717, 1.165) is 26.6 Å². The van der Waals surface area contributed by atoms with Crippen molar-refractivity contribution in [2.24, 2.45) is 0 Å². The molecular weight excluding hydrogens is 266 g/mol. The number of nitrogens with one attached hydrogen (secondary N) is 1. The third-order valence-corrected chi connectivity index (χ3v) is 2.97. The number of aromatic nitrogens is 3. The van der Waals surface area contributed by atoms with Crippen LogP contribution in [0.5, 0.6) is 0 Å². The predicted octanol–water partition coefficient (Wildman–Crippen LogP) is 3.39. The van der Waals surface area contributed by atoms with Gasteiger partial charge in [0.1, 0.15) is 5.69 Å². The molecule has 3 aromatic rings. The quantitative estimate of drug-likeness (QED) is 0.739. The maximum absolute atomic E-state index is 4.33. The van der Waals surface area contributed by atoms with Crippen LogP contribution in [0.25, 0.3) is 22.2 Å². The highest BCUT2D eigenvalue weighted by molar-refractivity contribution is 9.10. The van der Waals surface area contributed by atoms with Gasteiger partial charge in [-0.1, -0.05) is 15.9 Å². The molecule has 1 aromatic carbocycles. The first-order chi connectivity index (χ1) is 7.84. The topological polar surface area (TPSA) is 41.6 Å². The minimum atomic E-state index is 0.963. The molecule has 0 aliphatic rings. The van der Waals surface area contributed by atoms with Crippen molar-refractivity contribution >= 4 is 26.8 Å². The van der Waals surface area contributed by atoms with Crippen molar-refractivity contribution in [1.82, 2.24) is 15.2 Å². The molecule has 3 rings (SSSR count). The minimum absolute atomic E-state index is 0.963. The Kier molecular flexibility index (Phi) is 2.22. The maximum atomic E-state index is 4.33. The van der Waals surface area contributed by atoms with Crippen LogP contribution in [0, 0.1) is 0 Å². The zero-order valence-electron chi connectivity index (χ0n) is 8.31. The van der Waals surface area contributed by atoms with Crippen molar-refractivity contribution in [2.75, 3.05) is 0 Å². The SMILES string of the molecule is Brc1ccc2c(-c3ccncc3)n[nH]c2c1. The Hall–Kier alpha value is -1.68. The molecule has 0 saturated heterocycles. The van der Waals surface area contributed by atoms with E-state index in [4.69, 9.17) is 0 Å². The summed E-state index contributed by atoms with van der Waals surface area (Å²) in [5.74, 6) is 0. The molecular formula is C12H8BrN3. The molecule has 16 heavy (non-hydrogen) atoms. The summed E-state index contributed by atoms with van der Waals surface area (Å²) in [6.07, 6.45) is 3.55. The van der Waals surface area contributed by atoms with Crippen molar-refractivity contribution in [1.29, 1.82) is 0 Å². The van der Waals surface area contributed by atoms with E-state index in [1.807, 2.05) is 24.3 Å². The molecule has 4 heteroatoms. The number of H-pyrrole nitrogens is 1. The van der Waals surface area contributed by atoms with Crippen LogP contribution in [0.4, 0.5) is 0 Å². The van der Waals surface area contributed by atoms with Crippen LogP contribution in [0.15, 0.2) is 47.2 Å². The molecule has 0 radical (unpaired) electrons. The predicted molar refractivity (Wildman–Crippen MR) is 67.0 cm³/mol. The van der Waals surface area contributed by atoms with Gasteiger partial charge in [0.05, 0.1) is 5.52 Å². The Morgan fingerprint density at radius 3 is 2.69 bits per heavy atom. The third kappa shape index (κ3) is 1.51. The monoisotopic (exact) mass is 273 g/mol. The van der Waals surface area contributed by atoms with Crippen molar-refractivity contribution in [3.63, 3.8) is 0 Å². The fourth-order valence-electron chi connectivity index (χ4n) is 1.72. The lowest BCUT2D eigenvalue weighted by Gasteiger charge is -1.96. The number of rotatable bonds is 1. The summed E-state index contributed by atoms with van der Waals surface area (Å²) in [6.45, 7) is 0. The molecule has 3 nitrogen and oxygen atoms in total. The average molecular weight is 274 g/mol. The van der Waals surface area contributed by atoms with Crippen molar-refractivity contribution in [3.05, 3.63) is 47.2 Å². The van der Waals surface area contributed by atoms with Crippen LogP contribution in [0.3, 0.4) is 0 Å². The molecule has 0 aliphatic carbocycles. The maximum Gasteiger partial charge on any atom is 0.100 e. The van der Waals surface area contributed by atoms with Crippen LogP contribution in [-0.4, -0.2) is 15.2 Å². The van der Waals surface area contributed by atoms with Crippen LogP contribution in [-0.2, 0) is 0 Å². The number of pyridine rings is 1. The first-order valence-electron chi connectivity index (χ1n) is 4.88. The Bertz CT molecular complexity index is 631. The molecule has 2 heterocycles. The number of nitrogens with zero attached hydrogens (tertiary/aromatic N) is 2. The molecule has 2 aromatic heterocycles. The number of fused-ring (bicyclic) bond motifs is 1. The fraction of sp³-hybridized carbons (Fsp3) is 0. The van der Waals surface area contributed by atoms with Crippen molar-refractivity contribution < 1.29 is 0 Å². The van der Waals surface area contributed by atoms with E-state index in [1.165, 1.54) is 0 Å². The summed E-state index contributed by atoms with van der Waals surface area (Å²) < 4.78 is 1.05. The Balaban J connectivity index is 2.26. The van der Waals surface area contributed by atoms with Gasteiger partial charge in [-0.2, -0.15) is 5.10 Å². The molecule has 0 atom stereocenters. The highest BCUT2D eigenvalue weighted by Crippen LogP contribution is 2.27. The highest BCUT2D eigenvalue weighted by atomic mass is 79.9. The van der Waals surface area contributed by atoms with Gasteiger partial charge in [-0.05, 0) is 30.3 Å². The van der Waals surface area contributed by atoms with Gasteiger partial charge in [0.15, 0.2) is 0 Å². The molecule has 78 valence electrons. The molecule has 0 spiro atoms. The number of benzene rings is 1. The van der Waals surface area contributed by atoms with Crippen LogP contribution in [0.2, 0.25) is 0 Å². The van der Waals surface area contributed by atoms with Gasteiger partial charge in [-0.25, -0.2) is 0 Å². The number of aromatic amines is 1. The lowest BCUT2D eigenvalue weighted by atomic mass is 10.1. The number of halogens is 1. The summed E-state index contributed by atoms with van der Waals surface area (Å²) in [5.41, 5.74) is 3.06. The highest BCUT2D eigenvalue weighted by Gasteiger charge is 2.07. The first kappa shape index (κ1) is 9.54. The summed E-state index contributed by atoms with van der Waals surface area (Å²) in [6, 6.07) is 10.0. The van der Waals surface area contributed by atoms with Gasteiger partial charge in [0.2, 0.25) is 0 Å². The smallest absolute Gasteiger partial charge is 0.100 e. The fourth-order valence-corrected chi connectivity index (χ4v) is 2.08. The van der Waals surface area contributed by atoms with Gasteiger partial charge >= 0.3 is 0 Å². The molecule has 1 N–H and O–H groups in total. The Labute approximate surface area is 101 Å². The molecule has 0 aliphatic heterocycles. The van der Waals surface area contributed by atoms with Gasteiger partial charge in [-0.3, -0.25) is 10.1 Å². The zero-order valence-corrected chi connectivity index (χ0v) is 9.90. The van der Waals surface area contributed by atoms with E-state index < -0.39 is 0 Å².